The summed E-state index contributed by atoms with van der Waals surface area (Å²) in [5.41, 5.74) is 2.10. The lowest BCUT2D eigenvalue weighted by Gasteiger charge is -2.41. The minimum absolute atomic E-state index is 0.00845. The first-order valence-electron chi connectivity index (χ1n) is 10.8. The highest BCUT2D eigenvalue weighted by molar-refractivity contribution is 6.22. The molecule has 1 saturated carbocycles. The maximum Gasteiger partial charge on any atom is 0.173 e. The lowest BCUT2D eigenvalue weighted by atomic mass is 9.61. The number of hydrogen-bond acceptors (Lipinski definition) is 8. The first kappa shape index (κ1) is 21.1. The summed E-state index contributed by atoms with van der Waals surface area (Å²) in [4.78, 5) is 46.3. The van der Waals surface area contributed by atoms with Crippen molar-refractivity contribution >= 4 is 23.1 Å². The molecule has 0 amide bonds. The summed E-state index contributed by atoms with van der Waals surface area (Å²) < 4.78 is 0. The molecule has 2 aromatic rings. The van der Waals surface area contributed by atoms with E-state index < -0.39 is 40.9 Å². The maximum absolute atomic E-state index is 13.5. The van der Waals surface area contributed by atoms with E-state index in [4.69, 9.17) is 0 Å². The number of fused-ring (bicyclic) bond motifs is 3. The molecule has 0 spiro atoms. The van der Waals surface area contributed by atoms with Gasteiger partial charge in [0.05, 0.1) is 17.1 Å². The molecule has 3 N–H and O–H groups in total. The SMILES string of the molecule is CC(=O)C1=C(O)C2C(=O)C3=C(O)c4c(O)ccc(-c5cnc(C)nc5)c4C[C@H]3C[C@H]2CC1=O. The number of aliphatic hydroxyl groups excluding tert-OH is 2. The number of aromatic nitrogens is 2. The zero-order valence-corrected chi connectivity index (χ0v) is 18.1. The fourth-order valence-corrected chi connectivity index (χ4v) is 5.56. The molecule has 1 aromatic heterocycles. The average molecular weight is 446 g/mol. The number of rotatable bonds is 2. The molecule has 1 fully saturated rings. The number of nitrogens with zero attached hydrogens (tertiary/aromatic N) is 2. The van der Waals surface area contributed by atoms with Crippen LogP contribution in [-0.2, 0) is 20.8 Å². The van der Waals surface area contributed by atoms with Crippen molar-refractivity contribution in [2.75, 3.05) is 0 Å². The normalized spacial score (nSPS) is 24.4. The first-order chi connectivity index (χ1) is 15.7. The summed E-state index contributed by atoms with van der Waals surface area (Å²) in [6.45, 7) is 2.95. The number of aliphatic hydroxyl groups is 2. The molecule has 1 aromatic carbocycles. The van der Waals surface area contributed by atoms with E-state index in [1.807, 2.05) is 0 Å². The number of ketones is 3. The van der Waals surface area contributed by atoms with Crippen molar-refractivity contribution in [2.45, 2.75) is 33.1 Å². The molecule has 8 heteroatoms. The van der Waals surface area contributed by atoms with Crippen molar-refractivity contribution in [3.8, 4) is 16.9 Å². The van der Waals surface area contributed by atoms with E-state index in [1.54, 1.807) is 25.4 Å². The molecule has 8 nitrogen and oxygen atoms in total. The Balaban J connectivity index is 1.67. The van der Waals surface area contributed by atoms with Gasteiger partial charge < -0.3 is 15.3 Å². The smallest absolute Gasteiger partial charge is 0.173 e. The number of phenolic OH excluding ortho intramolecular Hbond substituents is 1. The Hall–Kier alpha value is -3.81. The van der Waals surface area contributed by atoms with Crippen LogP contribution in [0, 0.1) is 24.7 Å². The number of phenols is 1. The number of aryl methyl sites for hydroxylation is 1. The van der Waals surface area contributed by atoms with Gasteiger partial charge in [0.15, 0.2) is 17.3 Å². The number of hydrogen-bond donors (Lipinski definition) is 3. The van der Waals surface area contributed by atoms with Gasteiger partial charge in [0.2, 0.25) is 0 Å². The minimum Gasteiger partial charge on any atom is -0.511 e. The molecular weight excluding hydrogens is 424 g/mol. The third kappa shape index (κ3) is 3.08. The van der Waals surface area contributed by atoms with Crippen LogP contribution >= 0.6 is 0 Å². The zero-order valence-electron chi connectivity index (χ0n) is 18.1. The lowest BCUT2D eigenvalue weighted by molar-refractivity contribution is -0.127. The second kappa shape index (κ2) is 7.37. The lowest BCUT2D eigenvalue weighted by Crippen LogP contribution is -2.43. The minimum atomic E-state index is -1.05. The van der Waals surface area contributed by atoms with Gasteiger partial charge >= 0.3 is 0 Å². The molecule has 3 atom stereocenters. The van der Waals surface area contributed by atoms with Crippen molar-refractivity contribution in [1.29, 1.82) is 0 Å². The maximum atomic E-state index is 13.5. The predicted molar refractivity (Wildman–Crippen MR) is 117 cm³/mol. The summed E-state index contributed by atoms with van der Waals surface area (Å²) in [5, 5.41) is 32.4. The quantitative estimate of drug-likeness (QED) is 0.598. The fraction of sp³-hybridized carbons (Fsp3) is 0.320. The largest absolute Gasteiger partial charge is 0.511 e. The third-order valence-corrected chi connectivity index (χ3v) is 6.97. The van der Waals surface area contributed by atoms with Crippen molar-refractivity contribution in [1.82, 2.24) is 9.97 Å². The van der Waals surface area contributed by atoms with Crippen LogP contribution in [0.1, 0.15) is 36.7 Å². The summed E-state index contributed by atoms with van der Waals surface area (Å²) in [7, 11) is 0. The standard InChI is InChI=1S/C25H22N2O6/c1-10(28)19-18(30)7-13-5-12-6-16-15(14-8-26-11(2)27-9-14)3-4-17(29)22(16)25(33)20(12)24(32)21(13)23(19)31/h3-4,8-9,12-13,21,29,31,33H,5-7H2,1-2H3/t12-,13+,21?/m1/s1. The summed E-state index contributed by atoms with van der Waals surface area (Å²) in [5.74, 6) is -3.84. The second-order valence-electron chi connectivity index (χ2n) is 8.95. The molecule has 1 unspecified atom stereocenters. The molecule has 0 aliphatic heterocycles. The van der Waals surface area contributed by atoms with Crippen LogP contribution in [0.4, 0.5) is 0 Å². The Labute approximate surface area is 189 Å². The first-order valence-corrected chi connectivity index (χ1v) is 10.8. The van der Waals surface area contributed by atoms with Crippen molar-refractivity contribution in [3.63, 3.8) is 0 Å². The highest BCUT2D eigenvalue weighted by atomic mass is 16.3. The van der Waals surface area contributed by atoms with E-state index in [0.717, 1.165) is 5.56 Å². The molecule has 5 rings (SSSR count). The van der Waals surface area contributed by atoms with Gasteiger partial charge in [-0.3, -0.25) is 14.4 Å². The highest BCUT2D eigenvalue weighted by Crippen LogP contribution is 2.51. The molecule has 3 aliphatic rings. The summed E-state index contributed by atoms with van der Waals surface area (Å²) in [6.07, 6.45) is 4.07. The fourth-order valence-electron chi connectivity index (χ4n) is 5.56. The Morgan fingerprint density at radius 1 is 1.06 bits per heavy atom. The van der Waals surface area contributed by atoms with Crippen LogP contribution in [0.25, 0.3) is 16.9 Å². The zero-order chi connectivity index (χ0) is 23.6. The van der Waals surface area contributed by atoms with Gasteiger partial charge in [0, 0.05) is 30.0 Å². The van der Waals surface area contributed by atoms with Gasteiger partial charge in [0.25, 0.3) is 0 Å². The van der Waals surface area contributed by atoms with Crippen LogP contribution in [0.2, 0.25) is 0 Å². The van der Waals surface area contributed by atoms with Crippen LogP contribution in [0.5, 0.6) is 5.75 Å². The Morgan fingerprint density at radius 2 is 1.76 bits per heavy atom. The number of carbonyl (C=O) groups is 3. The van der Waals surface area contributed by atoms with Gasteiger partial charge in [-0.05, 0) is 55.7 Å². The van der Waals surface area contributed by atoms with E-state index in [9.17, 15) is 29.7 Å². The van der Waals surface area contributed by atoms with E-state index in [-0.39, 0.29) is 34.6 Å². The van der Waals surface area contributed by atoms with E-state index in [0.29, 0.717) is 29.8 Å². The molecule has 0 saturated heterocycles. The van der Waals surface area contributed by atoms with Crippen LogP contribution < -0.4 is 0 Å². The van der Waals surface area contributed by atoms with E-state index in [2.05, 4.69) is 9.97 Å². The van der Waals surface area contributed by atoms with Crippen molar-refractivity contribution < 1.29 is 29.7 Å². The monoisotopic (exact) mass is 446 g/mol. The topological polar surface area (TPSA) is 138 Å². The number of aromatic hydroxyl groups is 1. The molecular formula is C25H22N2O6. The number of allylic oxidation sites excluding steroid dienone is 3. The number of Topliss-reactive ketones (excluding diaryl/α,β-unsaturated/α-hetero) is 3. The van der Waals surface area contributed by atoms with Gasteiger partial charge in [0.1, 0.15) is 23.1 Å². The van der Waals surface area contributed by atoms with Gasteiger partial charge in [-0.25, -0.2) is 9.97 Å². The molecule has 33 heavy (non-hydrogen) atoms. The molecule has 168 valence electrons. The third-order valence-electron chi connectivity index (χ3n) is 6.97. The van der Waals surface area contributed by atoms with Crippen LogP contribution in [0.3, 0.4) is 0 Å². The number of benzene rings is 1. The Bertz CT molecular complexity index is 1300. The Kier molecular flexibility index (Phi) is 4.70. The second-order valence-corrected chi connectivity index (χ2v) is 8.95. The highest BCUT2D eigenvalue weighted by Gasteiger charge is 2.50. The van der Waals surface area contributed by atoms with Gasteiger partial charge in [-0.15, -0.1) is 0 Å². The molecule has 0 bridgehead atoms. The summed E-state index contributed by atoms with van der Waals surface area (Å²) >= 11 is 0. The van der Waals surface area contributed by atoms with Crippen LogP contribution in [0.15, 0.2) is 41.4 Å². The Morgan fingerprint density at radius 3 is 2.42 bits per heavy atom. The molecule has 1 heterocycles. The van der Waals surface area contributed by atoms with Gasteiger partial charge in [-0.2, -0.15) is 0 Å². The van der Waals surface area contributed by atoms with Gasteiger partial charge in [-0.1, -0.05) is 6.07 Å². The predicted octanol–water partition coefficient (Wildman–Crippen LogP) is 3.18. The molecule has 0 radical (unpaired) electrons. The molecule has 3 aliphatic carbocycles. The van der Waals surface area contributed by atoms with Crippen molar-refractivity contribution in [2.24, 2.45) is 17.8 Å². The van der Waals surface area contributed by atoms with E-state index >= 15 is 0 Å². The average Bonchev–Trinajstić information content (AvgIpc) is 2.74. The summed E-state index contributed by atoms with van der Waals surface area (Å²) in [6, 6.07) is 3.18. The van der Waals surface area contributed by atoms with Crippen LogP contribution in [-0.4, -0.2) is 42.6 Å². The van der Waals surface area contributed by atoms with Crippen molar-refractivity contribution in [3.05, 3.63) is 58.4 Å². The van der Waals surface area contributed by atoms with E-state index in [1.165, 1.54) is 13.0 Å². The number of carbonyl (C=O) groups excluding carboxylic acids is 3.